The van der Waals surface area contributed by atoms with Gasteiger partial charge >= 0.3 is 6.61 Å². The summed E-state index contributed by atoms with van der Waals surface area (Å²) in [6.45, 7) is -1.03. The number of hydrogen-bond donors (Lipinski definition) is 2. The van der Waals surface area contributed by atoms with Crippen LogP contribution in [0.2, 0.25) is 0 Å². The number of ether oxygens (including phenoxy) is 1. The highest BCUT2D eigenvalue weighted by Gasteiger charge is 2.14. The second-order valence-corrected chi connectivity index (χ2v) is 8.11. The van der Waals surface area contributed by atoms with Crippen molar-refractivity contribution in [3.8, 4) is 17.0 Å². The number of nitrogens with one attached hydrogen (secondary N) is 2. The van der Waals surface area contributed by atoms with Crippen molar-refractivity contribution in [2.24, 2.45) is 0 Å². The van der Waals surface area contributed by atoms with Crippen LogP contribution in [0.3, 0.4) is 0 Å². The predicted molar refractivity (Wildman–Crippen MR) is 118 cm³/mol. The van der Waals surface area contributed by atoms with Crippen molar-refractivity contribution in [3.63, 3.8) is 0 Å². The molecule has 2 heterocycles. The van der Waals surface area contributed by atoms with Gasteiger partial charge in [-0.25, -0.2) is 9.97 Å². The number of aromatic nitrogens is 3. The highest BCUT2D eigenvalue weighted by molar-refractivity contribution is 7.16. The minimum Gasteiger partial charge on any atom is -0.435 e. The number of amides is 1. The lowest BCUT2D eigenvalue weighted by Crippen LogP contribution is -2.16. The first kappa shape index (κ1) is 21.6. The molecule has 7 nitrogen and oxygen atoms in total. The van der Waals surface area contributed by atoms with Crippen LogP contribution in [-0.4, -0.2) is 27.5 Å². The number of para-hydroxylation sites is 1. The molecular weight excluding hydrogens is 438 g/mol. The lowest BCUT2D eigenvalue weighted by molar-refractivity contribution is -0.116. The zero-order chi connectivity index (χ0) is 22.7. The number of aromatic amines is 1. The maximum Gasteiger partial charge on any atom is 0.387 e. The Kier molecular flexibility index (Phi) is 6.22. The number of aryl methyl sites for hydroxylation is 2. The van der Waals surface area contributed by atoms with Crippen LogP contribution in [-0.2, 0) is 11.2 Å². The molecule has 2 aromatic carbocycles. The van der Waals surface area contributed by atoms with Crippen LogP contribution < -0.4 is 15.6 Å². The number of halogens is 2. The van der Waals surface area contributed by atoms with E-state index in [2.05, 4.69) is 25.0 Å². The molecule has 0 spiro atoms. The third-order valence-electron chi connectivity index (χ3n) is 4.65. The fraction of sp³-hybridized carbons (Fsp3) is 0.182. The highest BCUT2D eigenvalue weighted by atomic mass is 32.1. The summed E-state index contributed by atoms with van der Waals surface area (Å²) in [6.07, 6.45) is 0.392. The average molecular weight is 456 g/mol. The summed E-state index contributed by atoms with van der Waals surface area (Å²) in [4.78, 5) is 36.9. The highest BCUT2D eigenvalue weighted by Crippen LogP contribution is 2.31. The number of fused-ring (bicyclic) bond motifs is 1. The molecule has 164 valence electrons. The van der Waals surface area contributed by atoms with Gasteiger partial charge in [-0.1, -0.05) is 12.1 Å². The molecule has 2 aromatic heterocycles. The van der Waals surface area contributed by atoms with Gasteiger partial charge in [0.2, 0.25) is 5.91 Å². The van der Waals surface area contributed by atoms with Gasteiger partial charge in [-0.15, -0.1) is 11.3 Å². The third kappa shape index (κ3) is 4.97. The van der Waals surface area contributed by atoms with Crippen molar-refractivity contribution in [2.45, 2.75) is 26.4 Å². The molecular formula is C22H18F2N4O3S. The van der Waals surface area contributed by atoms with Gasteiger partial charge in [-0.2, -0.15) is 8.78 Å². The fourth-order valence-electron chi connectivity index (χ4n) is 3.18. The minimum atomic E-state index is -2.88. The standard InChI is InChI=1S/C22H18F2N4O3S/c1-12-19(13-6-8-14(9-7-13)31-21(23)24)28-22(32-12)27-18(29)11-10-17-25-16-5-3-2-4-15(16)20(30)26-17/h2-9,21H,10-11H2,1H3,(H,25,26,30)(H,27,28,29). The van der Waals surface area contributed by atoms with Gasteiger partial charge in [-0.05, 0) is 43.3 Å². The Balaban J connectivity index is 1.40. The van der Waals surface area contributed by atoms with Crippen molar-refractivity contribution in [2.75, 3.05) is 5.32 Å². The number of H-pyrrole nitrogens is 1. The number of rotatable bonds is 7. The summed E-state index contributed by atoms with van der Waals surface area (Å²) in [6, 6.07) is 13.2. The minimum absolute atomic E-state index is 0.0606. The molecule has 1 amide bonds. The Bertz CT molecular complexity index is 1320. The smallest absolute Gasteiger partial charge is 0.387 e. The van der Waals surface area contributed by atoms with E-state index in [0.717, 1.165) is 10.4 Å². The van der Waals surface area contributed by atoms with E-state index in [1.165, 1.54) is 23.5 Å². The number of carbonyl (C=O) groups is 1. The van der Waals surface area contributed by atoms with Gasteiger partial charge in [0.15, 0.2) is 5.13 Å². The first-order chi connectivity index (χ1) is 15.4. The number of benzene rings is 2. The second-order valence-electron chi connectivity index (χ2n) is 6.90. The molecule has 0 unspecified atom stereocenters. The summed E-state index contributed by atoms with van der Waals surface area (Å²) in [5.41, 5.74) is 1.71. The molecule has 0 bridgehead atoms. The quantitative estimate of drug-likeness (QED) is 0.426. The SMILES string of the molecule is Cc1sc(NC(=O)CCc2nc3ccccc3c(=O)[nH]2)nc1-c1ccc(OC(F)F)cc1. The fourth-order valence-corrected chi connectivity index (χ4v) is 4.03. The van der Waals surface area contributed by atoms with E-state index in [-0.39, 0.29) is 30.1 Å². The number of anilines is 1. The van der Waals surface area contributed by atoms with Gasteiger partial charge in [0.1, 0.15) is 11.6 Å². The zero-order valence-electron chi connectivity index (χ0n) is 16.9. The van der Waals surface area contributed by atoms with Crippen LogP contribution in [0.25, 0.3) is 22.2 Å². The van der Waals surface area contributed by atoms with Gasteiger partial charge in [0.05, 0.1) is 16.6 Å². The Labute approximate surface area is 185 Å². The van der Waals surface area contributed by atoms with Crippen LogP contribution in [0.1, 0.15) is 17.1 Å². The molecule has 0 radical (unpaired) electrons. The number of nitrogens with zero attached hydrogens (tertiary/aromatic N) is 2. The normalized spacial score (nSPS) is 11.1. The first-order valence-corrected chi connectivity index (χ1v) is 10.5. The summed E-state index contributed by atoms with van der Waals surface area (Å²) in [5.74, 6) is 0.234. The largest absolute Gasteiger partial charge is 0.435 e. The van der Waals surface area contributed by atoms with Crippen molar-refractivity contribution in [3.05, 3.63) is 69.6 Å². The van der Waals surface area contributed by atoms with Crippen LogP contribution in [0, 0.1) is 6.92 Å². The Morgan fingerprint density at radius 3 is 2.66 bits per heavy atom. The van der Waals surface area contributed by atoms with E-state index in [1.807, 2.05) is 6.92 Å². The van der Waals surface area contributed by atoms with E-state index < -0.39 is 6.61 Å². The van der Waals surface area contributed by atoms with Crippen molar-refractivity contribution in [1.29, 1.82) is 0 Å². The summed E-state index contributed by atoms with van der Waals surface area (Å²) in [7, 11) is 0. The molecule has 0 fully saturated rings. The van der Waals surface area contributed by atoms with Crippen LogP contribution in [0.5, 0.6) is 5.75 Å². The molecule has 4 aromatic rings. The molecule has 0 saturated carbocycles. The van der Waals surface area contributed by atoms with Crippen molar-refractivity contribution < 1.29 is 18.3 Å². The maximum absolute atomic E-state index is 12.4. The van der Waals surface area contributed by atoms with Gasteiger partial charge in [0.25, 0.3) is 5.56 Å². The lowest BCUT2D eigenvalue weighted by Gasteiger charge is -2.05. The van der Waals surface area contributed by atoms with Gasteiger partial charge < -0.3 is 15.0 Å². The van der Waals surface area contributed by atoms with E-state index in [4.69, 9.17) is 0 Å². The second kappa shape index (κ2) is 9.23. The van der Waals surface area contributed by atoms with E-state index in [1.54, 1.807) is 36.4 Å². The van der Waals surface area contributed by atoms with Crippen LogP contribution in [0.15, 0.2) is 53.3 Å². The molecule has 4 rings (SSSR count). The molecule has 32 heavy (non-hydrogen) atoms. The summed E-state index contributed by atoms with van der Waals surface area (Å²) < 4.78 is 28.9. The monoisotopic (exact) mass is 456 g/mol. The van der Waals surface area contributed by atoms with Crippen LogP contribution in [0.4, 0.5) is 13.9 Å². The number of alkyl halides is 2. The topological polar surface area (TPSA) is 97.0 Å². The van der Waals surface area contributed by atoms with Crippen molar-refractivity contribution in [1.82, 2.24) is 15.0 Å². The Morgan fingerprint density at radius 2 is 1.91 bits per heavy atom. The van der Waals surface area contributed by atoms with Crippen LogP contribution >= 0.6 is 11.3 Å². The van der Waals surface area contributed by atoms with Crippen molar-refractivity contribution >= 4 is 33.3 Å². The molecule has 2 N–H and O–H groups in total. The predicted octanol–water partition coefficient (Wildman–Crippen LogP) is 4.53. The Hall–Kier alpha value is -3.66. The van der Waals surface area contributed by atoms with E-state index in [9.17, 15) is 18.4 Å². The molecule has 0 aliphatic rings. The zero-order valence-corrected chi connectivity index (χ0v) is 17.7. The van der Waals surface area contributed by atoms with Gasteiger partial charge in [-0.3, -0.25) is 9.59 Å². The summed E-state index contributed by atoms with van der Waals surface area (Å²) in [5, 5.41) is 3.68. The number of thiazole rings is 1. The lowest BCUT2D eigenvalue weighted by atomic mass is 10.1. The molecule has 0 aliphatic heterocycles. The molecule has 0 saturated heterocycles. The Morgan fingerprint density at radius 1 is 1.16 bits per heavy atom. The molecule has 0 atom stereocenters. The van der Waals surface area contributed by atoms with Gasteiger partial charge in [0, 0.05) is 23.3 Å². The number of carbonyl (C=O) groups excluding carboxylic acids is 1. The van der Waals surface area contributed by atoms with E-state index in [0.29, 0.717) is 27.6 Å². The van der Waals surface area contributed by atoms with E-state index >= 15 is 0 Å². The maximum atomic E-state index is 12.4. The first-order valence-electron chi connectivity index (χ1n) is 9.69. The molecule has 0 aliphatic carbocycles. The number of hydrogen-bond acceptors (Lipinski definition) is 6. The third-order valence-corrected chi connectivity index (χ3v) is 5.53. The average Bonchev–Trinajstić information content (AvgIpc) is 3.12. The molecule has 10 heteroatoms. The summed E-state index contributed by atoms with van der Waals surface area (Å²) >= 11 is 1.31.